The van der Waals surface area contributed by atoms with Crippen molar-refractivity contribution in [3.05, 3.63) is 56.2 Å². The monoisotopic (exact) mass is 317 g/mol. The summed E-state index contributed by atoms with van der Waals surface area (Å²) < 4.78 is 28.3. The van der Waals surface area contributed by atoms with E-state index in [1.807, 2.05) is 10.8 Å². The fourth-order valence-electron chi connectivity index (χ4n) is 1.74. The minimum atomic E-state index is -0.539. The highest BCUT2D eigenvalue weighted by atomic mass is 79.9. The molecule has 17 heavy (non-hydrogen) atoms. The maximum atomic E-state index is 13.7. The number of nitrogens with one attached hydrogen (secondary N) is 1. The molecule has 1 unspecified atom stereocenters. The molecule has 1 nitrogen and oxygen atoms in total. The zero-order valence-electron chi connectivity index (χ0n) is 9.01. The van der Waals surface area contributed by atoms with Gasteiger partial charge in [0, 0.05) is 15.4 Å². The summed E-state index contributed by atoms with van der Waals surface area (Å²) in [6, 6.07) is 3.41. The van der Waals surface area contributed by atoms with Crippen LogP contribution in [0.2, 0.25) is 0 Å². The first-order chi connectivity index (χ1) is 8.15. The van der Waals surface area contributed by atoms with Gasteiger partial charge in [0.1, 0.15) is 11.6 Å². The lowest BCUT2D eigenvalue weighted by Crippen LogP contribution is -2.20. The quantitative estimate of drug-likeness (QED) is 0.898. The van der Waals surface area contributed by atoms with Crippen molar-refractivity contribution in [3.63, 3.8) is 0 Å². The first-order valence-corrected chi connectivity index (χ1v) is 6.71. The zero-order valence-corrected chi connectivity index (χ0v) is 11.4. The number of hydrogen-bond donors (Lipinski definition) is 1. The van der Waals surface area contributed by atoms with E-state index in [0.29, 0.717) is 0 Å². The Labute approximate surface area is 111 Å². The smallest absolute Gasteiger partial charge is 0.131 e. The molecule has 1 aromatic heterocycles. The third-order valence-electron chi connectivity index (χ3n) is 2.53. The van der Waals surface area contributed by atoms with Crippen molar-refractivity contribution < 1.29 is 8.78 Å². The highest BCUT2D eigenvalue weighted by molar-refractivity contribution is 9.10. The molecule has 90 valence electrons. The molecule has 1 aromatic carbocycles. The second-order valence-electron chi connectivity index (χ2n) is 3.53. The molecular formula is C12H10BrF2NS. The second-order valence-corrected chi connectivity index (χ2v) is 5.13. The lowest BCUT2D eigenvalue weighted by molar-refractivity contribution is 0.522. The average Bonchev–Trinajstić information content (AvgIpc) is 2.70. The van der Waals surface area contributed by atoms with Crippen LogP contribution in [-0.4, -0.2) is 7.05 Å². The van der Waals surface area contributed by atoms with Gasteiger partial charge < -0.3 is 5.32 Å². The van der Waals surface area contributed by atoms with Gasteiger partial charge in [-0.25, -0.2) is 8.78 Å². The summed E-state index contributed by atoms with van der Waals surface area (Å²) in [4.78, 5) is 0. The summed E-state index contributed by atoms with van der Waals surface area (Å²) in [6.45, 7) is 0. The number of benzene rings is 1. The first-order valence-electron chi connectivity index (χ1n) is 4.98. The van der Waals surface area contributed by atoms with E-state index < -0.39 is 17.7 Å². The highest BCUT2D eigenvalue weighted by Gasteiger charge is 2.22. The lowest BCUT2D eigenvalue weighted by Gasteiger charge is -2.17. The molecule has 2 aromatic rings. The van der Waals surface area contributed by atoms with Crippen molar-refractivity contribution in [3.8, 4) is 0 Å². The molecule has 5 heteroatoms. The summed E-state index contributed by atoms with van der Waals surface area (Å²) in [5.41, 5.74) is 0.885. The molecule has 0 amide bonds. The first kappa shape index (κ1) is 12.7. The Hall–Kier alpha value is -0.780. The molecule has 1 heterocycles. The topological polar surface area (TPSA) is 12.0 Å². The van der Waals surface area contributed by atoms with Gasteiger partial charge in [-0.05, 0) is 46.1 Å². The predicted octanol–water partition coefficient (Wildman–Crippen LogP) is 4.10. The SMILES string of the molecule is CNC(c1cscc1Br)c1c(F)cccc1F. The van der Waals surface area contributed by atoms with E-state index in [9.17, 15) is 8.78 Å². The maximum Gasteiger partial charge on any atom is 0.131 e. The van der Waals surface area contributed by atoms with Gasteiger partial charge in [-0.15, -0.1) is 0 Å². The van der Waals surface area contributed by atoms with Gasteiger partial charge in [-0.3, -0.25) is 0 Å². The van der Waals surface area contributed by atoms with E-state index in [1.54, 1.807) is 7.05 Å². The van der Waals surface area contributed by atoms with Crippen molar-refractivity contribution in [1.29, 1.82) is 0 Å². The van der Waals surface area contributed by atoms with Crippen LogP contribution in [0.1, 0.15) is 17.2 Å². The molecule has 1 atom stereocenters. The van der Waals surface area contributed by atoms with Crippen LogP contribution in [0.4, 0.5) is 8.78 Å². The molecule has 0 spiro atoms. The lowest BCUT2D eigenvalue weighted by atomic mass is 10.0. The van der Waals surface area contributed by atoms with E-state index in [1.165, 1.54) is 29.5 Å². The standard InChI is InChI=1S/C12H10BrF2NS/c1-16-12(7-5-17-6-8(7)13)11-9(14)3-2-4-10(11)15/h2-6,12,16H,1H3. The van der Waals surface area contributed by atoms with Gasteiger partial charge in [0.15, 0.2) is 0 Å². The van der Waals surface area contributed by atoms with E-state index in [4.69, 9.17) is 0 Å². The molecular weight excluding hydrogens is 308 g/mol. The van der Waals surface area contributed by atoms with Gasteiger partial charge in [0.05, 0.1) is 6.04 Å². The Kier molecular flexibility index (Phi) is 3.91. The molecule has 1 N–H and O–H groups in total. The Morgan fingerprint density at radius 3 is 2.35 bits per heavy atom. The van der Waals surface area contributed by atoms with Crippen LogP contribution in [0.5, 0.6) is 0 Å². The van der Waals surface area contributed by atoms with Crippen molar-refractivity contribution in [1.82, 2.24) is 5.32 Å². The molecule has 0 aliphatic heterocycles. The Bertz CT molecular complexity index is 507. The van der Waals surface area contributed by atoms with Gasteiger partial charge >= 0.3 is 0 Å². The molecule has 2 rings (SSSR count). The average molecular weight is 318 g/mol. The number of rotatable bonds is 3. The Morgan fingerprint density at radius 2 is 1.88 bits per heavy atom. The van der Waals surface area contributed by atoms with Gasteiger partial charge in [-0.2, -0.15) is 11.3 Å². The second kappa shape index (κ2) is 5.25. The third kappa shape index (κ3) is 2.41. The minimum Gasteiger partial charge on any atom is -0.309 e. The maximum absolute atomic E-state index is 13.7. The van der Waals surface area contributed by atoms with Gasteiger partial charge in [0.25, 0.3) is 0 Å². The predicted molar refractivity (Wildman–Crippen MR) is 69.3 cm³/mol. The van der Waals surface area contributed by atoms with Crippen LogP contribution < -0.4 is 5.32 Å². The molecule has 0 radical (unpaired) electrons. The number of hydrogen-bond acceptors (Lipinski definition) is 2. The Morgan fingerprint density at radius 1 is 1.24 bits per heavy atom. The minimum absolute atomic E-state index is 0.0501. The summed E-state index contributed by atoms with van der Waals surface area (Å²) in [6.07, 6.45) is 0. The van der Waals surface area contributed by atoms with E-state index in [2.05, 4.69) is 21.2 Å². The molecule has 0 fully saturated rings. The van der Waals surface area contributed by atoms with E-state index in [-0.39, 0.29) is 5.56 Å². The highest BCUT2D eigenvalue weighted by Crippen LogP contribution is 2.33. The van der Waals surface area contributed by atoms with Crippen LogP contribution in [0.3, 0.4) is 0 Å². The van der Waals surface area contributed by atoms with Gasteiger partial charge in [-0.1, -0.05) is 6.07 Å². The van der Waals surface area contributed by atoms with Crippen LogP contribution in [-0.2, 0) is 0 Å². The summed E-state index contributed by atoms with van der Waals surface area (Å²) in [7, 11) is 1.68. The number of thiophene rings is 1. The summed E-state index contributed by atoms with van der Waals surface area (Å²) in [5.74, 6) is -1.08. The van der Waals surface area contributed by atoms with Gasteiger partial charge in [0.2, 0.25) is 0 Å². The summed E-state index contributed by atoms with van der Waals surface area (Å²) in [5, 5.41) is 6.70. The molecule has 0 saturated heterocycles. The van der Waals surface area contributed by atoms with Crippen LogP contribution in [0.25, 0.3) is 0 Å². The Balaban J connectivity index is 2.53. The molecule has 0 saturated carbocycles. The fourth-order valence-corrected chi connectivity index (χ4v) is 3.29. The van der Waals surface area contributed by atoms with E-state index in [0.717, 1.165) is 10.0 Å². The van der Waals surface area contributed by atoms with Crippen molar-refractivity contribution >= 4 is 27.3 Å². The third-order valence-corrected chi connectivity index (χ3v) is 4.28. The van der Waals surface area contributed by atoms with Crippen LogP contribution in [0.15, 0.2) is 33.4 Å². The molecule has 0 bridgehead atoms. The zero-order chi connectivity index (χ0) is 12.4. The van der Waals surface area contributed by atoms with Crippen LogP contribution >= 0.6 is 27.3 Å². The van der Waals surface area contributed by atoms with Crippen molar-refractivity contribution in [2.45, 2.75) is 6.04 Å². The summed E-state index contributed by atoms with van der Waals surface area (Å²) >= 11 is 4.86. The molecule has 0 aliphatic rings. The number of halogens is 3. The molecule has 0 aliphatic carbocycles. The van der Waals surface area contributed by atoms with Crippen molar-refractivity contribution in [2.24, 2.45) is 0 Å². The largest absolute Gasteiger partial charge is 0.309 e. The fraction of sp³-hybridized carbons (Fsp3) is 0.167. The van der Waals surface area contributed by atoms with Crippen LogP contribution in [0, 0.1) is 11.6 Å². The normalized spacial score (nSPS) is 12.7. The van der Waals surface area contributed by atoms with Crippen molar-refractivity contribution in [2.75, 3.05) is 7.05 Å². The van der Waals surface area contributed by atoms with E-state index >= 15 is 0 Å².